The Morgan fingerprint density at radius 3 is 1.92 bits per heavy atom. The van der Waals surface area contributed by atoms with Crippen LogP contribution in [0.3, 0.4) is 0 Å². The molecule has 0 saturated heterocycles. The van der Waals surface area contributed by atoms with Crippen molar-refractivity contribution in [3.63, 3.8) is 0 Å². The van der Waals surface area contributed by atoms with Gasteiger partial charge in [0.25, 0.3) is 11.8 Å². The summed E-state index contributed by atoms with van der Waals surface area (Å²) in [4.78, 5) is 41.3. The van der Waals surface area contributed by atoms with Crippen LogP contribution in [0.4, 0.5) is 23.5 Å². The number of aromatic nitrogens is 3. The van der Waals surface area contributed by atoms with Crippen LogP contribution < -0.4 is 26.6 Å². The van der Waals surface area contributed by atoms with Crippen molar-refractivity contribution < 1.29 is 28.5 Å². The van der Waals surface area contributed by atoms with E-state index in [1.807, 2.05) is 18.2 Å². The number of amides is 2. The highest BCUT2D eigenvalue weighted by Crippen LogP contribution is 2.45. The molecule has 3 atom stereocenters. The van der Waals surface area contributed by atoms with Crippen LogP contribution in [0.5, 0.6) is 0 Å². The normalized spacial score (nSPS) is 17.2. The van der Waals surface area contributed by atoms with Crippen LogP contribution in [0.25, 0.3) is 10.4 Å². The van der Waals surface area contributed by atoms with Crippen molar-refractivity contribution in [1.82, 2.24) is 25.6 Å². The quantitative estimate of drug-likeness (QED) is 0.0359. The van der Waals surface area contributed by atoms with Gasteiger partial charge in [-0.05, 0) is 73.0 Å². The number of nitrogens with one attached hydrogen (secondary N) is 5. The zero-order valence-corrected chi connectivity index (χ0v) is 29.9. The average molecular weight is 732 g/mol. The van der Waals surface area contributed by atoms with Gasteiger partial charge in [-0.2, -0.15) is 15.0 Å². The van der Waals surface area contributed by atoms with Gasteiger partial charge in [-0.1, -0.05) is 29.7 Å². The fourth-order valence-corrected chi connectivity index (χ4v) is 6.29. The van der Waals surface area contributed by atoms with E-state index in [1.165, 1.54) is 19.3 Å². The number of hydrogen-bond acceptors (Lipinski definition) is 13. The molecule has 1 heterocycles. The first-order valence-electron chi connectivity index (χ1n) is 18.1. The summed E-state index contributed by atoms with van der Waals surface area (Å²) in [6, 6.07) is 16.5. The van der Waals surface area contributed by atoms with E-state index in [1.54, 1.807) is 36.4 Å². The van der Waals surface area contributed by atoms with Gasteiger partial charge in [0.15, 0.2) is 0 Å². The number of carbonyl (C=O) groups excluding carboxylic acids is 2. The van der Waals surface area contributed by atoms with E-state index in [9.17, 15) is 9.59 Å². The lowest BCUT2D eigenvalue weighted by Crippen LogP contribution is -2.27. The Morgan fingerprint density at radius 2 is 1.30 bits per heavy atom. The average Bonchev–Trinajstić information content (AvgIpc) is 3.80. The molecule has 284 valence electrons. The van der Waals surface area contributed by atoms with Crippen molar-refractivity contribution in [2.45, 2.75) is 31.7 Å². The second-order valence-corrected chi connectivity index (χ2v) is 12.6. The minimum atomic E-state index is -0.212. The number of azide groups is 1. The predicted molar refractivity (Wildman–Crippen MR) is 199 cm³/mol. The second kappa shape index (κ2) is 22.1. The topological polar surface area (TPSA) is 219 Å². The molecule has 2 aliphatic carbocycles. The molecular formula is C36H49N11O6. The van der Waals surface area contributed by atoms with Crippen molar-refractivity contribution in [3.05, 3.63) is 76.2 Å². The Balaban J connectivity index is 1.02. The highest BCUT2D eigenvalue weighted by Gasteiger charge is 2.39. The first-order chi connectivity index (χ1) is 26.1. The largest absolute Gasteiger partial charge is 0.379 e. The molecule has 5 N–H and O–H groups in total. The van der Waals surface area contributed by atoms with Crippen LogP contribution in [-0.4, -0.2) is 112 Å². The molecule has 17 nitrogen and oxygen atoms in total. The molecule has 2 fully saturated rings. The van der Waals surface area contributed by atoms with Crippen LogP contribution in [0.15, 0.2) is 59.7 Å². The molecule has 2 amide bonds. The molecule has 2 aliphatic rings. The number of anilines is 4. The Bertz CT molecular complexity index is 1610. The van der Waals surface area contributed by atoms with Gasteiger partial charge in [-0.25, -0.2) is 0 Å². The molecule has 2 saturated carbocycles. The smallest absolute Gasteiger partial charge is 0.251 e. The van der Waals surface area contributed by atoms with Crippen molar-refractivity contribution in [3.8, 4) is 0 Å². The third-order valence-corrected chi connectivity index (χ3v) is 8.86. The van der Waals surface area contributed by atoms with E-state index in [0.29, 0.717) is 113 Å². The second-order valence-electron chi connectivity index (χ2n) is 12.6. The van der Waals surface area contributed by atoms with Gasteiger partial charge in [0.05, 0.1) is 52.9 Å². The van der Waals surface area contributed by atoms with Gasteiger partial charge < -0.3 is 45.5 Å². The lowest BCUT2D eigenvalue weighted by Gasteiger charge is -2.23. The van der Waals surface area contributed by atoms with Crippen LogP contribution in [0.1, 0.15) is 46.4 Å². The zero-order chi connectivity index (χ0) is 36.9. The Hall–Kier alpha value is -5.06. The predicted octanol–water partition coefficient (Wildman–Crippen LogP) is 4.16. The van der Waals surface area contributed by atoms with E-state index in [0.717, 1.165) is 18.0 Å². The third kappa shape index (κ3) is 13.8. The van der Waals surface area contributed by atoms with E-state index < -0.39 is 0 Å². The molecule has 0 aliphatic heterocycles. The number of ether oxygens (including phenoxy) is 4. The minimum absolute atomic E-state index is 0.125. The van der Waals surface area contributed by atoms with Crippen LogP contribution in [-0.2, 0) is 18.9 Å². The molecule has 53 heavy (non-hydrogen) atoms. The number of carbonyl (C=O) groups is 2. The molecule has 3 aromatic rings. The zero-order valence-electron chi connectivity index (χ0n) is 29.9. The van der Waals surface area contributed by atoms with Crippen molar-refractivity contribution in [1.29, 1.82) is 0 Å². The SMILES string of the molecule is [N-]=[N+]=NCCOCCOCCNC(=O)c1ccc(Nc2nc(NCCOCCOCCNC(=O)c3ccccc3)nc(NC3CC4CCC3C4)n2)cc1. The molecule has 0 spiro atoms. The number of fused-ring (bicyclic) bond motifs is 2. The molecule has 2 bridgehead atoms. The molecule has 17 heteroatoms. The van der Waals surface area contributed by atoms with Crippen molar-refractivity contribution >= 4 is 35.3 Å². The minimum Gasteiger partial charge on any atom is -0.379 e. The summed E-state index contributed by atoms with van der Waals surface area (Å²) >= 11 is 0. The summed E-state index contributed by atoms with van der Waals surface area (Å²) in [5.74, 6) is 2.37. The van der Waals surface area contributed by atoms with E-state index in [4.69, 9.17) is 24.5 Å². The van der Waals surface area contributed by atoms with Crippen molar-refractivity contribution in [2.75, 3.05) is 95.0 Å². The summed E-state index contributed by atoms with van der Waals surface area (Å²) in [6.45, 7) is 4.61. The summed E-state index contributed by atoms with van der Waals surface area (Å²) in [7, 11) is 0. The first kappa shape index (κ1) is 39.2. The molecule has 5 rings (SSSR count). The molecular weight excluding hydrogens is 682 g/mol. The maximum Gasteiger partial charge on any atom is 0.251 e. The maximum atomic E-state index is 12.6. The Labute approximate surface area is 309 Å². The van der Waals surface area contributed by atoms with Gasteiger partial charge >= 0.3 is 0 Å². The lowest BCUT2D eigenvalue weighted by molar-refractivity contribution is 0.0511. The fourth-order valence-electron chi connectivity index (χ4n) is 6.29. The van der Waals surface area contributed by atoms with E-state index >= 15 is 0 Å². The number of nitrogens with zero attached hydrogens (tertiary/aromatic N) is 6. The van der Waals surface area contributed by atoms with E-state index in [-0.39, 0.29) is 18.4 Å². The summed E-state index contributed by atoms with van der Waals surface area (Å²) in [5.41, 5.74) is 10.1. The third-order valence-electron chi connectivity index (χ3n) is 8.86. The van der Waals surface area contributed by atoms with Gasteiger partial charge in [0.1, 0.15) is 0 Å². The Morgan fingerprint density at radius 1 is 0.698 bits per heavy atom. The van der Waals surface area contributed by atoms with Crippen LogP contribution >= 0.6 is 0 Å². The van der Waals surface area contributed by atoms with E-state index in [2.05, 4.69) is 51.6 Å². The summed E-state index contributed by atoms with van der Waals surface area (Å²) in [5, 5.41) is 19.1. The van der Waals surface area contributed by atoms with Gasteiger partial charge in [0.2, 0.25) is 17.8 Å². The summed E-state index contributed by atoms with van der Waals surface area (Å²) in [6.07, 6.45) is 4.91. The standard InChI is InChI=1S/C36H49N11O6/c37-47-41-15-19-53-23-22-51-17-13-39-33(49)28-8-10-30(11-9-28)42-35-44-34(45-36(46-35)43-31-25-26-6-7-29(31)24-26)40-14-18-52-21-20-50-16-12-38-32(48)27-4-2-1-3-5-27/h1-5,8-11,26,29,31H,6-7,12-25H2,(H,38,48)(H,39,49)(H3,40,42,43,44,45,46). The fraction of sp³-hybridized carbons (Fsp3) is 0.528. The number of rotatable bonds is 25. The molecule has 2 aromatic carbocycles. The Kier molecular flexibility index (Phi) is 16.3. The molecule has 0 radical (unpaired) electrons. The highest BCUT2D eigenvalue weighted by atomic mass is 16.5. The maximum absolute atomic E-state index is 12.6. The molecule has 1 aromatic heterocycles. The number of hydrogen-bond donors (Lipinski definition) is 5. The van der Waals surface area contributed by atoms with Crippen LogP contribution in [0.2, 0.25) is 0 Å². The van der Waals surface area contributed by atoms with Gasteiger partial charge in [0, 0.05) is 53.9 Å². The highest BCUT2D eigenvalue weighted by molar-refractivity contribution is 5.94. The molecule has 3 unspecified atom stereocenters. The summed E-state index contributed by atoms with van der Waals surface area (Å²) < 4.78 is 22.0. The first-order valence-corrected chi connectivity index (χ1v) is 18.1. The van der Waals surface area contributed by atoms with Gasteiger partial charge in [-0.3, -0.25) is 9.59 Å². The van der Waals surface area contributed by atoms with Crippen LogP contribution in [0, 0.1) is 11.8 Å². The monoisotopic (exact) mass is 731 g/mol. The van der Waals surface area contributed by atoms with Crippen molar-refractivity contribution in [2.24, 2.45) is 17.0 Å². The van der Waals surface area contributed by atoms with Gasteiger partial charge in [-0.15, -0.1) is 0 Å². The lowest BCUT2D eigenvalue weighted by atomic mass is 9.95. The number of benzene rings is 2.